The number of nitriles is 1. The van der Waals surface area contributed by atoms with Gasteiger partial charge in [-0.05, 0) is 17.7 Å². The number of nitrogen functional groups attached to an aromatic ring is 1. The fourth-order valence-electron chi connectivity index (χ4n) is 1.89. The summed E-state index contributed by atoms with van der Waals surface area (Å²) in [5, 5.41) is 9.07. The Bertz CT molecular complexity index is 896. The number of ether oxygens (including phenoxy) is 1. The Morgan fingerprint density at radius 2 is 2.21 bits per heavy atom. The second kappa shape index (κ2) is 7.33. The zero-order chi connectivity index (χ0) is 17.7. The number of hydrogen-bond acceptors (Lipinski definition) is 7. The van der Waals surface area contributed by atoms with Crippen molar-refractivity contribution >= 4 is 33.0 Å². The second-order valence-corrected chi connectivity index (χ2v) is 6.91. The van der Waals surface area contributed by atoms with Crippen LogP contribution in [0.3, 0.4) is 0 Å². The summed E-state index contributed by atoms with van der Waals surface area (Å²) < 4.78 is 32.0. The first-order chi connectivity index (χ1) is 11.3. The molecule has 0 saturated heterocycles. The van der Waals surface area contributed by atoms with E-state index in [1.54, 1.807) is 12.1 Å². The van der Waals surface area contributed by atoms with Crippen LogP contribution in [0.1, 0.15) is 11.4 Å². The van der Waals surface area contributed by atoms with Crippen molar-refractivity contribution in [3.8, 4) is 11.9 Å². The molecular weight excluding hydrogens is 354 g/mol. The van der Waals surface area contributed by atoms with Crippen LogP contribution in [-0.2, 0) is 22.2 Å². The van der Waals surface area contributed by atoms with Crippen LogP contribution >= 0.6 is 11.6 Å². The van der Waals surface area contributed by atoms with Gasteiger partial charge < -0.3 is 10.5 Å². The first-order valence-electron chi connectivity index (χ1n) is 6.66. The zero-order valence-corrected chi connectivity index (χ0v) is 14.2. The van der Waals surface area contributed by atoms with Crippen LogP contribution in [0.15, 0.2) is 24.4 Å². The lowest BCUT2D eigenvalue weighted by Crippen LogP contribution is -2.17. The van der Waals surface area contributed by atoms with E-state index in [0.29, 0.717) is 10.6 Å². The van der Waals surface area contributed by atoms with Crippen LogP contribution in [0.25, 0.3) is 0 Å². The highest BCUT2D eigenvalue weighted by molar-refractivity contribution is 7.91. The lowest BCUT2D eigenvalue weighted by Gasteiger charge is -2.12. The van der Waals surface area contributed by atoms with E-state index in [1.165, 1.54) is 19.4 Å². The van der Waals surface area contributed by atoms with E-state index in [1.807, 2.05) is 6.07 Å². The number of anilines is 2. The fraction of sp³-hybridized carbons (Fsp3) is 0.214. The third-order valence-electron chi connectivity index (χ3n) is 2.95. The van der Waals surface area contributed by atoms with Crippen LogP contribution in [-0.4, -0.2) is 25.5 Å². The van der Waals surface area contributed by atoms with Gasteiger partial charge in [0.2, 0.25) is 15.9 Å². The van der Waals surface area contributed by atoms with E-state index in [4.69, 9.17) is 27.3 Å². The average molecular weight is 368 g/mol. The third-order valence-corrected chi connectivity index (χ3v) is 4.41. The predicted octanol–water partition coefficient (Wildman–Crippen LogP) is 1.73. The molecule has 2 aromatic rings. The highest BCUT2D eigenvalue weighted by atomic mass is 35.5. The molecule has 0 saturated carbocycles. The van der Waals surface area contributed by atoms with E-state index in [-0.39, 0.29) is 35.3 Å². The molecule has 0 atom stereocenters. The summed E-state index contributed by atoms with van der Waals surface area (Å²) >= 11 is 5.80. The van der Waals surface area contributed by atoms with Gasteiger partial charge in [-0.3, -0.25) is 4.72 Å². The molecule has 0 aliphatic heterocycles. The minimum atomic E-state index is -3.78. The smallest absolute Gasteiger partial charge is 0.241 e. The van der Waals surface area contributed by atoms with Gasteiger partial charge in [-0.15, -0.1) is 0 Å². The van der Waals surface area contributed by atoms with Crippen molar-refractivity contribution in [2.24, 2.45) is 0 Å². The first kappa shape index (κ1) is 17.8. The van der Waals surface area contributed by atoms with Gasteiger partial charge in [0.1, 0.15) is 11.5 Å². The number of nitrogens with zero attached hydrogens (tertiary/aromatic N) is 3. The normalized spacial score (nSPS) is 10.9. The molecule has 0 spiro atoms. The van der Waals surface area contributed by atoms with Crippen molar-refractivity contribution in [2.75, 3.05) is 17.6 Å². The molecule has 1 heterocycles. The minimum Gasteiger partial charge on any atom is -0.479 e. The summed E-state index contributed by atoms with van der Waals surface area (Å²) in [5.74, 6) is -0.0822. The Morgan fingerprint density at radius 1 is 1.46 bits per heavy atom. The van der Waals surface area contributed by atoms with Crippen LogP contribution in [0.2, 0.25) is 5.02 Å². The molecule has 0 aliphatic rings. The molecule has 126 valence electrons. The zero-order valence-electron chi connectivity index (χ0n) is 12.7. The molecule has 1 aromatic carbocycles. The fourth-order valence-corrected chi connectivity index (χ4v) is 3.29. The van der Waals surface area contributed by atoms with E-state index < -0.39 is 10.0 Å². The Balaban J connectivity index is 2.24. The van der Waals surface area contributed by atoms with E-state index >= 15 is 0 Å². The number of nitrogens with two attached hydrogens (primary N) is 1. The number of sulfonamides is 1. The number of rotatable bonds is 6. The lowest BCUT2D eigenvalue weighted by atomic mass is 10.2. The summed E-state index contributed by atoms with van der Waals surface area (Å²) in [6.45, 7) is 0. The van der Waals surface area contributed by atoms with E-state index in [0.717, 1.165) is 0 Å². The largest absolute Gasteiger partial charge is 0.479 e. The van der Waals surface area contributed by atoms with Gasteiger partial charge in [0.05, 0.1) is 31.5 Å². The maximum atomic E-state index is 12.3. The predicted molar refractivity (Wildman–Crippen MR) is 90.0 cm³/mol. The molecule has 0 bridgehead atoms. The van der Waals surface area contributed by atoms with E-state index in [2.05, 4.69) is 14.7 Å². The molecule has 2 rings (SSSR count). The van der Waals surface area contributed by atoms with Crippen LogP contribution in [0.4, 0.5) is 11.4 Å². The average Bonchev–Trinajstić information content (AvgIpc) is 2.51. The molecule has 0 radical (unpaired) electrons. The number of methoxy groups -OCH3 is 1. The first-order valence-corrected chi connectivity index (χ1v) is 8.69. The summed E-state index contributed by atoms with van der Waals surface area (Å²) in [7, 11) is -2.44. The Hall–Kier alpha value is -2.57. The Kier molecular flexibility index (Phi) is 5.43. The molecule has 3 N–H and O–H groups in total. The molecular formula is C14H14ClN5O3S. The molecule has 24 heavy (non-hydrogen) atoms. The number of hydrogen-bond donors (Lipinski definition) is 2. The van der Waals surface area contributed by atoms with Crippen molar-refractivity contribution < 1.29 is 13.2 Å². The van der Waals surface area contributed by atoms with Gasteiger partial charge in [-0.25, -0.2) is 13.4 Å². The maximum Gasteiger partial charge on any atom is 0.241 e. The topological polar surface area (TPSA) is 131 Å². The van der Waals surface area contributed by atoms with Gasteiger partial charge in [0, 0.05) is 10.7 Å². The Morgan fingerprint density at radius 3 is 2.83 bits per heavy atom. The van der Waals surface area contributed by atoms with Crippen LogP contribution in [0, 0.1) is 11.3 Å². The van der Waals surface area contributed by atoms with Gasteiger partial charge in [-0.1, -0.05) is 17.7 Å². The van der Waals surface area contributed by atoms with Gasteiger partial charge >= 0.3 is 0 Å². The number of aromatic nitrogens is 2. The van der Waals surface area contributed by atoms with Crippen molar-refractivity contribution in [3.05, 3.63) is 40.8 Å². The maximum absolute atomic E-state index is 12.3. The van der Waals surface area contributed by atoms with Crippen LogP contribution in [0.5, 0.6) is 5.88 Å². The quantitative estimate of drug-likeness (QED) is 0.743. The number of nitrogens with one attached hydrogen (secondary N) is 1. The SMILES string of the molecule is COc1nc(CC#N)ncc1NS(=O)(=O)Cc1ccc(Cl)cc1N. The van der Waals surface area contributed by atoms with Crippen LogP contribution < -0.4 is 15.2 Å². The molecule has 0 unspecified atom stereocenters. The second-order valence-electron chi connectivity index (χ2n) is 4.75. The Labute approximate surface area is 144 Å². The van der Waals surface area contributed by atoms with Crippen molar-refractivity contribution in [2.45, 2.75) is 12.2 Å². The summed E-state index contributed by atoms with van der Waals surface area (Å²) in [5.41, 5.74) is 6.54. The van der Waals surface area contributed by atoms with Gasteiger partial charge in [-0.2, -0.15) is 10.2 Å². The molecule has 0 fully saturated rings. The monoisotopic (exact) mass is 367 g/mol. The summed E-state index contributed by atoms with van der Waals surface area (Å²) in [6.07, 6.45) is 1.24. The van der Waals surface area contributed by atoms with Crippen molar-refractivity contribution in [1.82, 2.24) is 9.97 Å². The molecule has 0 aliphatic carbocycles. The summed E-state index contributed by atoms with van der Waals surface area (Å²) in [6, 6.07) is 6.48. The number of benzene rings is 1. The lowest BCUT2D eigenvalue weighted by molar-refractivity contribution is 0.397. The van der Waals surface area contributed by atoms with Crippen molar-refractivity contribution in [1.29, 1.82) is 5.26 Å². The standard InChI is InChI=1S/C14H14ClN5O3S/c1-23-14-12(7-18-13(19-14)4-5-16)20-24(21,22)8-9-2-3-10(15)6-11(9)17/h2-3,6-7,20H,4,8,17H2,1H3. The highest BCUT2D eigenvalue weighted by Crippen LogP contribution is 2.24. The molecule has 10 heteroatoms. The van der Waals surface area contributed by atoms with Crippen molar-refractivity contribution in [3.63, 3.8) is 0 Å². The summed E-state index contributed by atoms with van der Waals surface area (Å²) in [4.78, 5) is 7.89. The van der Waals surface area contributed by atoms with Gasteiger partial charge in [0.25, 0.3) is 0 Å². The van der Waals surface area contributed by atoms with Gasteiger partial charge in [0.15, 0.2) is 0 Å². The highest BCUT2D eigenvalue weighted by Gasteiger charge is 2.18. The molecule has 8 nitrogen and oxygen atoms in total. The molecule has 0 amide bonds. The minimum absolute atomic E-state index is 0.00923. The number of halogens is 1. The molecule has 1 aromatic heterocycles. The third kappa shape index (κ3) is 4.47. The van der Waals surface area contributed by atoms with E-state index in [9.17, 15) is 8.42 Å².